The zero-order valence-corrected chi connectivity index (χ0v) is 10.6. The van der Waals surface area contributed by atoms with Crippen molar-refractivity contribution >= 4 is 17.1 Å². The van der Waals surface area contributed by atoms with Crippen LogP contribution in [-0.2, 0) is 6.54 Å². The molecule has 0 amide bonds. The number of hydrogen-bond acceptors (Lipinski definition) is 5. The number of nitrogens with two attached hydrogens (primary N) is 1. The fourth-order valence-corrected chi connectivity index (χ4v) is 2.27. The van der Waals surface area contributed by atoms with Crippen molar-refractivity contribution in [3.8, 4) is 0 Å². The molecule has 2 rings (SSSR count). The van der Waals surface area contributed by atoms with Gasteiger partial charge in [-0.05, 0) is 19.9 Å². The van der Waals surface area contributed by atoms with E-state index in [2.05, 4.69) is 10.1 Å². The first-order valence-electron chi connectivity index (χ1n) is 5.41. The molecule has 0 saturated carbocycles. The van der Waals surface area contributed by atoms with Crippen LogP contribution in [0.25, 0.3) is 0 Å². The molecule has 0 aromatic carbocycles. The molecule has 2 aromatic rings. The molecule has 0 aliphatic rings. The Morgan fingerprint density at radius 3 is 3.00 bits per heavy atom. The Bertz CT molecular complexity index is 529. The Labute approximate surface area is 103 Å². The van der Waals surface area contributed by atoms with E-state index in [1.165, 1.54) is 11.3 Å². The van der Waals surface area contributed by atoms with Crippen LogP contribution in [0.3, 0.4) is 0 Å². The van der Waals surface area contributed by atoms with E-state index in [0.717, 1.165) is 5.01 Å². The maximum Gasteiger partial charge on any atom is 0.230 e. The van der Waals surface area contributed by atoms with Gasteiger partial charge in [0.1, 0.15) is 16.4 Å². The highest BCUT2D eigenvalue weighted by Gasteiger charge is 2.17. The molecule has 2 N–H and O–H groups in total. The summed E-state index contributed by atoms with van der Waals surface area (Å²) < 4.78 is 1.66. The van der Waals surface area contributed by atoms with Gasteiger partial charge in [-0.1, -0.05) is 0 Å². The third kappa shape index (κ3) is 2.27. The van der Waals surface area contributed by atoms with Gasteiger partial charge in [-0.15, -0.1) is 11.3 Å². The Morgan fingerprint density at radius 1 is 1.65 bits per heavy atom. The highest BCUT2D eigenvalue weighted by Crippen LogP contribution is 2.18. The number of carbonyl (C=O) groups is 1. The van der Waals surface area contributed by atoms with E-state index in [1.54, 1.807) is 22.3 Å². The maximum atomic E-state index is 12.2. The molecule has 0 spiro atoms. The van der Waals surface area contributed by atoms with Gasteiger partial charge in [-0.3, -0.25) is 9.48 Å². The van der Waals surface area contributed by atoms with Crippen LogP contribution in [0.2, 0.25) is 0 Å². The normalized spacial score (nSPS) is 12.6. The third-order valence-electron chi connectivity index (χ3n) is 2.39. The van der Waals surface area contributed by atoms with Gasteiger partial charge in [0.05, 0.1) is 6.04 Å². The summed E-state index contributed by atoms with van der Waals surface area (Å²) in [6.07, 6.45) is 1.62. The number of aryl methyl sites for hydroxylation is 1. The minimum atomic E-state index is -0.141. The van der Waals surface area contributed by atoms with Crippen LogP contribution in [0.4, 0.5) is 0 Å². The van der Waals surface area contributed by atoms with Gasteiger partial charge < -0.3 is 5.73 Å². The van der Waals surface area contributed by atoms with E-state index in [0.29, 0.717) is 17.9 Å². The lowest BCUT2D eigenvalue weighted by Crippen LogP contribution is -2.11. The standard InChI is InChI=1S/C11H14N4OS/c1-3-15-9(4-5-13-15)10(16)8-6-17-11(14-8)7(2)12/h4-7H,3,12H2,1-2H3. The second-order valence-electron chi connectivity index (χ2n) is 3.72. The monoisotopic (exact) mass is 250 g/mol. The summed E-state index contributed by atoms with van der Waals surface area (Å²) in [5.41, 5.74) is 6.73. The molecule has 0 radical (unpaired) electrons. The first-order chi connectivity index (χ1) is 8.13. The summed E-state index contributed by atoms with van der Waals surface area (Å²) in [7, 11) is 0. The molecule has 90 valence electrons. The molecular formula is C11H14N4OS. The Morgan fingerprint density at radius 2 is 2.41 bits per heavy atom. The summed E-state index contributed by atoms with van der Waals surface area (Å²) in [6.45, 7) is 4.46. The van der Waals surface area contributed by atoms with Crippen molar-refractivity contribution in [1.29, 1.82) is 0 Å². The Hall–Kier alpha value is -1.53. The molecule has 6 heteroatoms. The van der Waals surface area contributed by atoms with Crippen LogP contribution in [0.5, 0.6) is 0 Å². The van der Waals surface area contributed by atoms with Gasteiger partial charge in [-0.25, -0.2) is 4.98 Å². The first-order valence-corrected chi connectivity index (χ1v) is 6.29. The summed E-state index contributed by atoms with van der Waals surface area (Å²) in [5.74, 6) is -0.104. The molecule has 0 aliphatic heterocycles. The molecular weight excluding hydrogens is 236 g/mol. The quantitative estimate of drug-likeness (QED) is 0.837. The Kier molecular flexibility index (Phi) is 3.35. The van der Waals surface area contributed by atoms with Gasteiger partial charge in [0.2, 0.25) is 5.78 Å². The second-order valence-corrected chi connectivity index (χ2v) is 4.61. The van der Waals surface area contributed by atoms with Gasteiger partial charge in [0, 0.05) is 18.1 Å². The SMILES string of the molecule is CCn1nccc1C(=O)c1csc(C(C)N)n1. The van der Waals surface area contributed by atoms with Gasteiger partial charge >= 0.3 is 0 Å². The van der Waals surface area contributed by atoms with Crippen molar-refractivity contribution in [2.24, 2.45) is 5.73 Å². The minimum absolute atomic E-state index is 0.104. The second kappa shape index (κ2) is 4.77. The lowest BCUT2D eigenvalue weighted by atomic mass is 10.2. The van der Waals surface area contributed by atoms with Gasteiger partial charge in [0.15, 0.2) is 0 Å². The van der Waals surface area contributed by atoms with Crippen LogP contribution >= 0.6 is 11.3 Å². The van der Waals surface area contributed by atoms with Crippen molar-refractivity contribution in [3.05, 3.63) is 34.0 Å². The molecule has 2 aromatic heterocycles. The number of carbonyl (C=O) groups excluding carboxylic acids is 1. The molecule has 1 atom stereocenters. The van der Waals surface area contributed by atoms with E-state index in [1.807, 2.05) is 13.8 Å². The predicted octanol–water partition coefficient (Wildman–Crippen LogP) is 1.61. The van der Waals surface area contributed by atoms with Crippen molar-refractivity contribution in [1.82, 2.24) is 14.8 Å². The van der Waals surface area contributed by atoms with Gasteiger partial charge in [-0.2, -0.15) is 5.10 Å². The molecule has 0 fully saturated rings. The number of hydrogen-bond donors (Lipinski definition) is 1. The van der Waals surface area contributed by atoms with Crippen LogP contribution in [0.1, 0.15) is 41.1 Å². The Balaban J connectivity index is 2.30. The number of ketones is 1. The van der Waals surface area contributed by atoms with E-state index < -0.39 is 0 Å². The zero-order chi connectivity index (χ0) is 12.4. The van der Waals surface area contributed by atoms with E-state index in [9.17, 15) is 4.79 Å². The summed E-state index contributed by atoms with van der Waals surface area (Å²) in [5, 5.41) is 6.59. The third-order valence-corrected chi connectivity index (χ3v) is 3.44. The summed E-state index contributed by atoms with van der Waals surface area (Å²) >= 11 is 1.41. The summed E-state index contributed by atoms with van der Waals surface area (Å²) in [6, 6.07) is 1.56. The van der Waals surface area contributed by atoms with Crippen LogP contribution in [0.15, 0.2) is 17.6 Å². The zero-order valence-electron chi connectivity index (χ0n) is 9.75. The van der Waals surface area contributed by atoms with Crippen molar-refractivity contribution in [3.63, 3.8) is 0 Å². The highest BCUT2D eigenvalue weighted by molar-refractivity contribution is 7.09. The average Bonchev–Trinajstić information content (AvgIpc) is 2.96. The average molecular weight is 250 g/mol. The molecule has 2 heterocycles. The van der Waals surface area contributed by atoms with E-state index in [-0.39, 0.29) is 11.8 Å². The highest BCUT2D eigenvalue weighted by atomic mass is 32.1. The number of thiazole rings is 1. The number of aromatic nitrogens is 3. The summed E-state index contributed by atoms with van der Waals surface area (Å²) in [4.78, 5) is 16.4. The van der Waals surface area contributed by atoms with Gasteiger partial charge in [0.25, 0.3) is 0 Å². The topological polar surface area (TPSA) is 73.8 Å². The van der Waals surface area contributed by atoms with E-state index >= 15 is 0 Å². The molecule has 0 bridgehead atoms. The van der Waals surface area contributed by atoms with Crippen LogP contribution in [-0.4, -0.2) is 20.5 Å². The molecule has 17 heavy (non-hydrogen) atoms. The fourth-order valence-electron chi connectivity index (χ4n) is 1.51. The van der Waals surface area contributed by atoms with E-state index in [4.69, 9.17) is 5.73 Å². The maximum absolute atomic E-state index is 12.2. The fraction of sp³-hybridized carbons (Fsp3) is 0.364. The molecule has 0 saturated heterocycles. The number of rotatable bonds is 4. The molecule has 5 nitrogen and oxygen atoms in total. The van der Waals surface area contributed by atoms with Crippen LogP contribution < -0.4 is 5.73 Å². The van der Waals surface area contributed by atoms with Crippen molar-refractivity contribution < 1.29 is 4.79 Å². The van der Waals surface area contributed by atoms with Crippen molar-refractivity contribution in [2.45, 2.75) is 26.4 Å². The minimum Gasteiger partial charge on any atom is -0.322 e. The number of nitrogens with zero attached hydrogens (tertiary/aromatic N) is 3. The largest absolute Gasteiger partial charge is 0.322 e. The molecule has 1 unspecified atom stereocenters. The lowest BCUT2D eigenvalue weighted by molar-refractivity contribution is 0.102. The van der Waals surface area contributed by atoms with Crippen LogP contribution in [0, 0.1) is 0 Å². The molecule has 0 aliphatic carbocycles. The predicted molar refractivity (Wildman–Crippen MR) is 66.0 cm³/mol. The lowest BCUT2D eigenvalue weighted by Gasteiger charge is -2.01. The first kappa shape index (κ1) is 11.9. The smallest absolute Gasteiger partial charge is 0.230 e. The van der Waals surface area contributed by atoms with Crippen molar-refractivity contribution in [2.75, 3.05) is 0 Å².